The number of anilines is 2. The third kappa shape index (κ3) is 6.37. The molecule has 0 amide bonds. The van der Waals surface area contributed by atoms with Crippen LogP contribution in [0, 0.1) is 23.2 Å². The molecule has 0 saturated heterocycles. The van der Waals surface area contributed by atoms with Crippen molar-refractivity contribution in [1.29, 1.82) is 5.26 Å². The Morgan fingerprint density at radius 2 is 1.54 bits per heavy atom. The highest BCUT2D eigenvalue weighted by atomic mass is 16.5. The van der Waals surface area contributed by atoms with Crippen LogP contribution in [0.15, 0.2) is 6.20 Å². The van der Waals surface area contributed by atoms with Gasteiger partial charge in [-0.1, -0.05) is 27.7 Å². The monoisotopic (exact) mass is 391 g/mol. The quantitative estimate of drug-likeness (QED) is 0.578. The lowest BCUT2D eigenvalue weighted by Crippen LogP contribution is -2.38. The summed E-state index contributed by atoms with van der Waals surface area (Å²) in [7, 11) is 0. The fraction of sp³-hybridized carbons (Fsp3) is 0.632. The average Bonchev–Trinajstić information content (AvgIpc) is 2.63. The van der Waals surface area contributed by atoms with Crippen molar-refractivity contribution < 1.29 is 19.1 Å². The van der Waals surface area contributed by atoms with Gasteiger partial charge < -0.3 is 20.1 Å². The molecule has 0 spiro atoms. The van der Waals surface area contributed by atoms with Crippen LogP contribution in [0.2, 0.25) is 0 Å². The molecule has 9 heteroatoms. The summed E-state index contributed by atoms with van der Waals surface area (Å²) in [5.41, 5.74) is 0.178. The van der Waals surface area contributed by atoms with Crippen LogP contribution in [-0.2, 0) is 19.1 Å². The number of esters is 2. The van der Waals surface area contributed by atoms with Gasteiger partial charge in [-0.25, -0.2) is 14.6 Å². The van der Waals surface area contributed by atoms with E-state index in [1.165, 1.54) is 6.20 Å². The number of hydrogen-bond donors (Lipinski definition) is 2. The number of nitriles is 1. The van der Waals surface area contributed by atoms with Crippen molar-refractivity contribution in [2.24, 2.45) is 11.8 Å². The van der Waals surface area contributed by atoms with Crippen molar-refractivity contribution in [3.63, 3.8) is 0 Å². The molecule has 0 aliphatic rings. The largest absolute Gasteiger partial charge is 0.464 e. The van der Waals surface area contributed by atoms with E-state index in [1.54, 1.807) is 13.8 Å². The van der Waals surface area contributed by atoms with Gasteiger partial charge in [0.15, 0.2) is 0 Å². The van der Waals surface area contributed by atoms with Crippen molar-refractivity contribution in [3.8, 4) is 6.07 Å². The predicted octanol–water partition coefficient (Wildman–Crippen LogP) is 2.35. The summed E-state index contributed by atoms with van der Waals surface area (Å²) in [5.74, 6) is -0.664. The van der Waals surface area contributed by atoms with Gasteiger partial charge >= 0.3 is 11.9 Å². The van der Waals surface area contributed by atoms with Crippen LogP contribution in [0.25, 0.3) is 0 Å². The van der Waals surface area contributed by atoms with Crippen molar-refractivity contribution in [1.82, 2.24) is 9.97 Å². The van der Waals surface area contributed by atoms with Gasteiger partial charge in [-0.15, -0.1) is 0 Å². The van der Waals surface area contributed by atoms with Gasteiger partial charge in [-0.2, -0.15) is 10.2 Å². The van der Waals surface area contributed by atoms with E-state index in [9.17, 15) is 14.9 Å². The molecule has 0 fully saturated rings. The number of carbonyl (C=O) groups excluding carboxylic acids is 2. The van der Waals surface area contributed by atoms with Gasteiger partial charge in [-0.05, 0) is 25.7 Å². The molecule has 154 valence electrons. The van der Waals surface area contributed by atoms with E-state index in [-0.39, 0.29) is 42.4 Å². The van der Waals surface area contributed by atoms with Crippen LogP contribution in [0.1, 0.15) is 47.1 Å². The summed E-state index contributed by atoms with van der Waals surface area (Å²) in [6, 6.07) is 0.672. The molecule has 0 aliphatic carbocycles. The fourth-order valence-corrected chi connectivity index (χ4v) is 2.39. The zero-order chi connectivity index (χ0) is 21.3. The Morgan fingerprint density at radius 3 is 1.96 bits per heavy atom. The number of nitrogens with one attached hydrogen (secondary N) is 2. The third-order valence-electron chi connectivity index (χ3n) is 3.90. The van der Waals surface area contributed by atoms with Gasteiger partial charge in [-0.3, -0.25) is 0 Å². The predicted molar refractivity (Wildman–Crippen MR) is 105 cm³/mol. The number of carbonyl (C=O) groups is 2. The molecule has 9 nitrogen and oxygen atoms in total. The Balaban J connectivity index is 3.15. The Labute approximate surface area is 165 Å². The number of aromatic nitrogens is 2. The maximum Gasteiger partial charge on any atom is 0.328 e. The molecule has 0 radical (unpaired) electrons. The lowest BCUT2D eigenvalue weighted by molar-refractivity contribution is -0.145. The minimum atomic E-state index is -0.680. The zero-order valence-corrected chi connectivity index (χ0v) is 17.3. The first-order valence-electron chi connectivity index (χ1n) is 9.38. The van der Waals surface area contributed by atoms with Crippen LogP contribution >= 0.6 is 0 Å². The third-order valence-corrected chi connectivity index (χ3v) is 3.90. The smallest absolute Gasteiger partial charge is 0.328 e. The van der Waals surface area contributed by atoms with E-state index in [4.69, 9.17) is 9.47 Å². The Morgan fingerprint density at radius 1 is 1.04 bits per heavy atom. The second kappa shape index (κ2) is 11.1. The van der Waals surface area contributed by atoms with Gasteiger partial charge in [0.2, 0.25) is 5.95 Å². The first-order valence-corrected chi connectivity index (χ1v) is 9.38. The molecule has 0 aliphatic heterocycles. The molecular formula is C19H29N5O4. The van der Waals surface area contributed by atoms with Crippen molar-refractivity contribution >= 4 is 23.7 Å². The van der Waals surface area contributed by atoms with E-state index in [0.29, 0.717) is 0 Å². The van der Waals surface area contributed by atoms with Gasteiger partial charge in [0.05, 0.1) is 19.4 Å². The molecule has 0 bridgehead atoms. The molecule has 2 N–H and O–H groups in total. The highest BCUT2D eigenvalue weighted by molar-refractivity contribution is 5.80. The minimum Gasteiger partial charge on any atom is -0.464 e. The zero-order valence-electron chi connectivity index (χ0n) is 17.3. The number of ether oxygens (including phenoxy) is 2. The molecule has 1 aromatic heterocycles. The van der Waals surface area contributed by atoms with Crippen LogP contribution < -0.4 is 10.6 Å². The molecular weight excluding hydrogens is 362 g/mol. The Bertz CT molecular complexity index is 715. The summed E-state index contributed by atoms with van der Waals surface area (Å²) >= 11 is 0. The molecule has 2 atom stereocenters. The second-order valence-electron chi connectivity index (χ2n) is 6.80. The van der Waals surface area contributed by atoms with E-state index < -0.39 is 24.0 Å². The molecule has 1 rings (SSSR count). The topological polar surface area (TPSA) is 126 Å². The summed E-state index contributed by atoms with van der Waals surface area (Å²) in [6.07, 6.45) is 1.34. The van der Waals surface area contributed by atoms with Crippen LogP contribution in [0.3, 0.4) is 0 Å². The lowest BCUT2D eigenvalue weighted by Gasteiger charge is -2.23. The van der Waals surface area contributed by atoms with Crippen molar-refractivity contribution in [2.45, 2.75) is 53.6 Å². The maximum absolute atomic E-state index is 12.2. The van der Waals surface area contributed by atoms with Crippen LogP contribution in [0.5, 0.6) is 0 Å². The number of hydrogen-bond acceptors (Lipinski definition) is 9. The average molecular weight is 391 g/mol. The highest BCUT2D eigenvalue weighted by Crippen LogP contribution is 2.19. The first-order chi connectivity index (χ1) is 13.2. The van der Waals surface area contributed by atoms with E-state index >= 15 is 0 Å². The molecule has 28 heavy (non-hydrogen) atoms. The summed E-state index contributed by atoms with van der Waals surface area (Å²) < 4.78 is 10.2. The van der Waals surface area contributed by atoms with Crippen LogP contribution in [0.4, 0.5) is 11.8 Å². The lowest BCUT2D eigenvalue weighted by atomic mass is 10.0. The fourth-order valence-electron chi connectivity index (χ4n) is 2.39. The van der Waals surface area contributed by atoms with Crippen LogP contribution in [-0.4, -0.2) is 47.2 Å². The molecule has 0 aromatic carbocycles. The summed E-state index contributed by atoms with van der Waals surface area (Å²) in [4.78, 5) is 32.8. The summed E-state index contributed by atoms with van der Waals surface area (Å²) in [6.45, 7) is 11.4. The highest BCUT2D eigenvalue weighted by Gasteiger charge is 2.27. The van der Waals surface area contributed by atoms with Crippen molar-refractivity contribution in [3.05, 3.63) is 11.8 Å². The van der Waals surface area contributed by atoms with E-state index in [1.807, 2.05) is 33.8 Å². The SMILES string of the molecule is CCOC(=O)[C@@H](Nc1ncc(C#N)c(N[C@H](C(=O)OCC)C(C)C)n1)C(C)C. The Hall–Kier alpha value is -2.89. The maximum atomic E-state index is 12.2. The normalized spacial score (nSPS) is 12.8. The molecule has 1 heterocycles. The van der Waals surface area contributed by atoms with Gasteiger partial charge in [0.25, 0.3) is 0 Å². The van der Waals surface area contributed by atoms with Gasteiger partial charge in [0.1, 0.15) is 29.5 Å². The van der Waals surface area contributed by atoms with Crippen molar-refractivity contribution in [2.75, 3.05) is 23.8 Å². The molecule has 0 saturated carbocycles. The Kier molecular flexibility index (Phi) is 9.15. The standard InChI is InChI=1S/C19H29N5O4/c1-7-27-17(25)14(11(3)4)22-16-13(9-20)10-21-19(24-16)23-15(12(5)6)18(26)28-8-2/h10-12,14-15H,7-8H2,1-6H3,(H2,21,22,23,24)/t14-,15-/m0/s1. The molecule has 1 aromatic rings. The molecule has 0 unspecified atom stereocenters. The van der Waals surface area contributed by atoms with E-state index in [2.05, 4.69) is 20.6 Å². The number of nitrogens with zero attached hydrogens (tertiary/aromatic N) is 3. The van der Waals surface area contributed by atoms with Gasteiger partial charge in [0, 0.05) is 0 Å². The minimum absolute atomic E-state index is 0.0716. The first kappa shape index (κ1) is 23.1. The number of rotatable bonds is 10. The second-order valence-corrected chi connectivity index (χ2v) is 6.80. The summed E-state index contributed by atoms with van der Waals surface area (Å²) in [5, 5.41) is 15.3. The van der Waals surface area contributed by atoms with E-state index in [0.717, 1.165) is 0 Å².